The van der Waals surface area contributed by atoms with Gasteiger partial charge in [-0.1, -0.05) is 30.7 Å². The van der Waals surface area contributed by atoms with E-state index in [1.807, 2.05) is 32.0 Å². The Morgan fingerprint density at radius 3 is 2.81 bits per heavy atom. The molecule has 5 heteroatoms. The fourth-order valence-corrected chi connectivity index (χ4v) is 2.20. The Kier molecular flexibility index (Phi) is 5.39. The zero-order chi connectivity index (χ0) is 15.2. The molecule has 0 amide bonds. The van der Waals surface area contributed by atoms with E-state index in [1.165, 1.54) is 5.56 Å². The standard InChI is InChI=1S/C16H20ClN3O/c1-4-14-19-15(17)11(2)16(20-14)18-9-8-12-6-5-7-13(10-12)21-3/h5-7,10H,4,8-9H2,1-3H3,(H,18,19,20). The number of halogens is 1. The van der Waals surface area contributed by atoms with Gasteiger partial charge >= 0.3 is 0 Å². The molecule has 0 aliphatic carbocycles. The molecule has 1 N–H and O–H groups in total. The van der Waals surface area contributed by atoms with Gasteiger partial charge in [0.1, 0.15) is 22.5 Å². The lowest BCUT2D eigenvalue weighted by Gasteiger charge is -2.11. The van der Waals surface area contributed by atoms with E-state index in [2.05, 4.69) is 21.4 Å². The van der Waals surface area contributed by atoms with Gasteiger partial charge in [0.15, 0.2) is 0 Å². The van der Waals surface area contributed by atoms with E-state index in [0.717, 1.165) is 42.3 Å². The molecule has 21 heavy (non-hydrogen) atoms. The Bertz CT molecular complexity index is 616. The molecule has 0 spiro atoms. The Morgan fingerprint density at radius 2 is 2.10 bits per heavy atom. The van der Waals surface area contributed by atoms with Gasteiger partial charge in [-0.3, -0.25) is 0 Å². The molecule has 112 valence electrons. The van der Waals surface area contributed by atoms with Gasteiger partial charge in [0, 0.05) is 18.5 Å². The van der Waals surface area contributed by atoms with Crippen molar-refractivity contribution in [3.63, 3.8) is 0 Å². The molecule has 1 heterocycles. The van der Waals surface area contributed by atoms with E-state index in [1.54, 1.807) is 7.11 Å². The van der Waals surface area contributed by atoms with E-state index in [9.17, 15) is 0 Å². The first-order valence-corrected chi connectivity index (χ1v) is 7.41. The highest BCUT2D eigenvalue weighted by atomic mass is 35.5. The van der Waals surface area contributed by atoms with Gasteiger partial charge in [0.2, 0.25) is 0 Å². The van der Waals surface area contributed by atoms with Crippen molar-refractivity contribution < 1.29 is 4.74 Å². The number of benzene rings is 1. The minimum absolute atomic E-state index is 0.519. The van der Waals surface area contributed by atoms with E-state index in [-0.39, 0.29) is 0 Å². The number of anilines is 1. The molecular weight excluding hydrogens is 286 g/mol. The third-order valence-electron chi connectivity index (χ3n) is 3.29. The van der Waals surface area contributed by atoms with Crippen LogP contribution in [0.25, 0.3) is 0 Å². The Labute approximate surface area is 130 Å². The predicted molar refractivity (Wildman–Crippen MR) is 86.3 cm³/mol. The third-order valence-corrected chi connectivity index (χ3v) is 3.66. The quantitative estimate of drug-likeness (QED) is 0.827. The van der Waals surface area contributed by atoms with Crippen LogP contribution in [0.2, 0.25) is 5.15 Å². The number of nitrogens with zero attached hydrogens (tertiary/aromatic N) is 2. The van der Waals surface area contributed by atoms with Gasteiger partial charge in [0.25, 0.3) is 0 Å². The predicted octanol–water partition coefficient (Wildman–Crippen LogP) is 3.66. The number of hydrogen-bond donors (Lipinski definition) is 1. The molecule has 0 unspecified atom stereocenters. The maximum Gasteiger partial charge on any atom is 0.137 e. The summed E-state index contributed by atoms with van der Waals surface area (Å²) in [6.07, 6.45) is 1.66. The van der Waals surface area contributed by atoms with Crippen LogP contribution in [0.4, 0.5) is 5.82 Å². The van der Waals surface area contributed by atoms with E-state index >= 15 is 0 Å². The number of aromatic nitrogens is 2. The smallest absolute Gasteiger partial charge is 0.137 e. The second-order valence-corrected chi connectivity index (χ2v) is 5.14. The molecular formula is C16H20ClN3O. The first-order valence-electron chi connectivity index (χ1n) is 7.03. The Morgan fingerprint density at radius 1 is 1.29 bits per heavy atom. The van der Waals surface area contributed by atoms with Crippen molar-refractivity contribution >= 4 is 17.4 Å². The van der Waals surface area contributed by atoms with Gasteiger partial charge in [0.05, 0.1) is 7.11 Å². The van der Waals surface area contributed by atoms with E-state index < -0.39 is 0 Å². The Balaban J connectivity index is 2.01. The van der Waals surface area contributed by atoms with Crippen LogP contribution in [0.15, 0.2) is 24.3 Å². The molecule has 4 nitrogen and oxygen atoms in total. The van der Waals surface area contributed by atoms with Gasteiger partial charge in [-0.25, -0.2) is 9.97 Å². The van der Waals surface area contributed by atoms with Crippen LogP contribution in [-0.4, -0.2) is 23.6 Å². The second kappa shape index (κ2) is 7.27. The first-order chi connectivity index (χ1) is 10.1. The van der Waals surface area contributed by atoms with Crippen molar-refractivity contribution in [1.29, 1.82) is 0 Å². The largest absolute Gasteiger partial charge is 0.497 e. The highest BCUT2D eigenvalue weighted by Crippen LogP contribution is 2.20. The monoisotopic (exact) mass is 305 g/mol. The highest BCUT2D eigenvalue weighted by molar-refractivity contribution is 6.30. The molecule has 2 rings (SSSR count). The lowest BCUT2D eigenvalue weighted by molar-refractivity contribution is 0.414. The average Bonchev–Trinajstić information content (AvgIpc) is 2.51. The normalized spacial score (nSPS) is 10.5. The molecule has 0 atom stereocenters. The van der Waals surface area contributed by atoms with Crippen LogP contribution in [0.3, 0.4) is 0 Å². The van der Waals surface area contributed by atoms with Crippen molar-refractivity contribution in [2.45, 2.75) is 26.7 Å². The summed E-state index contributed by atoms with van der Waals surface area (Å²) in [4.78, 5) is 8.72. The summed E-state index contributed by atoms with van der Waals surface area (Å²) in [5, 5.41) is 3.86. The number of aryl methyl sites for hydroxylation is 1. The lowest BCUT2D eigenvalue weighted by Crippen LogP contribution is -2.10. The number of rotatable bonds is 6. The molecule has 1 aromatic carbocycles. The molecule has 0 aliphatic heterocycles. The first kappa shape index (κ1) is 15.6. The maximum absolute atomic E-state index is 6.13. The fourth-order valence-electron chi connectivity index (χ4n) is 2.02. The number of ether oxygens (including phenoxy) is 1. The SMILES string of the molecule is CCc1nc(Cl)c(C)c(NCCc2cccc(OC)c2)n1. The van der Waals surface area contributed by atoms with Crippen molar-refractivity contribution in [2.75, 3.05) is 19.0 Å². The number of nitrogens with one attached hydrogen (secondary N) is 1. The minimum atomic E-state index is 0.519. The summed E-state index contributed by atoms with van der Waals surface area (Å²) in [6.45, 7) is 4.72. The van der Waals surface area contributed by atoms with E-state index in [4.69, 9.17) is 16.3 Å². The maximum atomic E-state index is 6.13. The van der Waals surface area contributed by atoms with Crippen LogP contribution >= 0.6 is 11.6 Å². The summed E-state index contributed by atoms with van der Waals surface area (Å²) in [6, 6.07) is 8.06. The van der Waals surface area contributed by atoms with Crippen molar-refractivity contribution in [1.82, 2.24) is 9.97 Å². The third kappa shape index (κ3) is 4.08. The minimum Gasteiger partial charge on any atom is -0.497 e. The second-order valence-electron chi connectivity index (χ2n) is 4.79. The van der Waals surface area contributed by atoms with Gasteiger partial charge in [-0.05, 0) is 31.0 Å². The average molecular weight is 306 g/mol. The summed E-state index contributed by atoms with van der Waals surface area (Å²) >= 11 is 6.13. The van der Waals surface area contributed by atoms with Crippen LogP contribution < -0.4 is 10.1 Å². The molecule has 0 aliphatic rings. The van der Waals surface area contributed by atoms with Crippen LogP contribution in [0, 0.1) is 6.92 Å². The molecule has 2 aromatic rings. The van der Waals surface area contributed by atoms with Crippen molar-refractivity contribution in [3.8, 4) is 5.75 Å². The highest BCUT2D eigenvalue weighted by Gasteiger charge is 2.08. The topological polar surface area (TPSA) is 47.0 Å². The van der Waals surface area contributed by atoms with Crippen LogP contribution in [0.5, 0.6) is 5.75 Å². The number of methoxy groups -OCH3 is 1. The lowest BCUT2D eigenvalue weighted by atomic mass is 10.1. The van der Waals surface area contributed by atoms with Crippen LogP contribution in [0.1, 0.15) is 23.9 Å². The van der Waals surface area contributed by atoms with Crippen LogP contribution in [-0.2, 0) is 12.8 Å². The zero-order valence-electron chi connectivity index (χ0n) is 12.6. The molecule has 1 aromatic heterocycles. The van der Waals surface area contributed by atoms with Crippen molar-refractivity contribution in [3.05, 3.63) is 46.4 Å². The summed E-state index contributed by atoms with van der Waals surface area (Å²) in [5.74, 6) is 2.45. The number of hydrogen-bond acceptors (Lipinski definition) is 4. The zero-order valence-corrected chi connectivity index (χ0v) is 13.4. The van der Waals surface area contributed by atoms with Gasteiger partial charge < -0.3 is 10.1 Å². The molecule has 0 radical (unpaired) electrons. The van der Waals surface area contributed by atoms with E-state index in [0.29, 0.717) is 5.15 Å². The summed E-state index contributed by atoms with van der Waals surface area (Å²) in [7, 11) is 1.68. The van der Waals surface area contributed by atoms with Gasteiger partial charge in [-0.15, -0.1) is 0 Å². The van der Waals surface area contributed by atoms with Gasteiger partial charge in [-0.2, -0.15) is 0 Å². The molecule has 0 bridgehead atoms. The summed E-state index contributed by atoms with van der Waals surface area (Å²) in [5.41, 5.74) is 2.11. The molecule has 0 fully saturated rings. The fraction of sp³-hybridized carbons (Fsp3) is 0.375. The van der Waals surface area contributed by atoms with Crippen molar-refractivity contribution in [2.24, 2.45) is 0 Å². The Hall–Kier alpha value is -1.81. The molecule has 0 saturated carbocycles. The molecule has 0 saturated heterocycles. The summed E-state index contributed by atoms with van der Waals surface area (Å²) < 4.78 is 5.23.